The Labute approximate surface area is 127 Å². The third-order valence-electron chi connectivity index (χ3n) is 3.34. The molecule has 0 saturated carbocycles. The summed E-state index contributed by atoms with van der Waals surface area (Å²) in [7, 11) is 3.79. The van der Waals surface area contributed by atoms with Crippen LogP contribution in [0.3, 0.4) is 0 Å². The maximum Gasteiger partial charge on any atom is 0.289 e. The first kappa shape index (κ1) is 14.9. The summed E-state index contributed by atoms with van der Waals surface area (Å²) in [6.07, 6.45) is 0. The van der Waals surface area contributed by atoms with Crippen LogP contribution in [0.15, 0.2) is 29.1 Å². The van der Waals surface area contributed by atoms with Gasteiger partial charge in [-0.2, -0.15) is 10.5 Å². The maximum absolute atomic E-state index is 12.1. The number of hydrogen-bond acceptors (Lipinski definition) is 6. The van der Waals surface area contributed by atoms with Gasteiger partial charge in [-0.05, 0) is 17.7 Å². The van der Waals surface area contributed by atoms with E-state index in [9.17, 15) is 15.3 Å². The van der Waals surface area contributed by atoms with Crippen LogP contribution in [0.4, 0.5) is 11.5 Å². The van der Waals surface area contributed by atoms with Crippen molar-refractivity contribution < 1.29 is 0 Å². The van der Waals surface area contributed by atoms with Gasteiger partial charge in [0.25, 0.3) is 5.56 Å². The van der Waals surface area contributed by atoms with E-state index in [4.69, 9.17) is 11.6 Å². The molecule has 0 aliphatic heterocycles. The lowest BCUT2D eigenvalue weighted by Gasteiger charge is -2.15. The second kappa shape index (κ2) is 5.51. The van der Waals surface area contributed by atoms with E-state index in [1.165, 1.54) is 0 Å². The summed E-state index contributed by atoms with van der Waals surface area (Å²) < 4.78 is 0.620. The Bertz CT molecular complexity index is 865. The molecule has 0 saturated heterocycles. The van der Waals surface area contributed by atoms with Crippen LogP contribution < -0.4 is 22.0 Å². The summed E-state index contributed by atoms with van der Waals surface area (Å²) in [6.45, 7) is 0. The van der Waals surface area contributed by atoms with E-state index in [1.807, 2.05) is 43.3 Å². The van der Waals surface area contributed by atoms with Crippen molar-refractivity contribution in [1.82, 2.24) is 4.68 Å². The molecule has 0 aliphatic carbocycles. The van der Waals surface area contributed by atoms with Crippen LogP contribution in [0.5, 0.6) is 0 Å². The van der Waals surface area contributed by atoms with Gasteiger partial charge in [0.1, 0.15) is 29.1 Å². The Morgan fingerprint density at radius 3 is 2.09 bits per heavy atom. The van der Waals surface area contributed by atoms with Crippen molar-refractivity contribution in [2.24, 2.45) is 0 Å². The predicted molar refractivity (Wildman–Crippen MR) is 84.5 cm³/mol. The molecule has 1 aromatic heterocycles. The minimum absolute atomic E-state index is 0.0104. The third-order valence-corrected chi connectivity index (χ3v) is 3.34. The number of aromatic nitrogens is 1. The number of benzene rings is 1. The van der Waals surface area contributed by atoms with E-state index in [2.05, 4.69) is 0 Å². The molecule has 22 heavy (non-hydrogen) atoms. The van der Waals surface area contributed by atoms with Crippen LogP contribution in [0.2, 0.25) is 0 Å². The van der Waals surface area contributed by atoms with Gasteiger partial charge < -0.3 is 16.5 Å². The molecule has 7 heteroatoms. The zero-order valence-corrected chi connectivity index (χ0v) is 12.2. The molecule has 110 valence electrons. The Balaban J connectivity index is 2.83. The van der Waals surface area contributed by atoms with Gasteiger partial charge in [-0.3, -0.25) is 4.79 Å². The van der Waals surface area contributed by atoms with Gasteiger partial charge in [0.15, 0.2) is 0 Å². The lowest BCUT2D eigenvalue weighted by molar-refractivity contribution is 0.942. The van der Waals surface area contributed by atoms with E-state index in [0.29, 0.717) is 10.2 Å². The zero-order chi connectivity index (χ0) is 16.4. The minimum Gasteiger partial charge on any atom is -0.382 e. The van der Waals surface area contributed by atoms with E-state index in [-0.39, 0.29) is 22.5 Å². The quantitative estimate of drug-likeness (QED) is 0.782. The zero-order valence-electron chi connectivity index (χ0n) is 12.2. The van der Waals surface area contributed by atoms with Gasteiger partial charge in [-0.1, -0.05) is 12.1 Å². The van der Waals surface area contributed by atoms with Gasteiger partial charge in [0, 0.05) is 25.3 Å². The Hall–Kier alpha value is -3.45. The lowest BCUT2D eigenvalue weighted by Crippen LogP contribution is -2.33. The molecule has 0 amide bonds. The fourth-order valence-electron chi connectivity index (χ4n) is 2.14. The molecular weight excluding hydrogens is 280 g/mol. The fraction of sp³-hybridized carbons (Fsp3) is 0.133. The number of rotatable bonds is 2. The SMILES string of the molecule is CN(C)c1ccc(-c2c(C#N)c(N)n(N)c(=O)c2C#N)cc1. The molecule has 1 heterocycles. The minimum atomic E-state index is -0.731. The molecule has 4 N–H and O–H groups in total. The van der Waals surface area contributed by atoms with Crippen molar-refractivity contribution in [3.05, 3.63) is 45.7 Å². The fourth-order valence-corrected chi connectivity index (χ4v) is 2.14. The molecule has 0 spiro atoms. The highest BCUT2D eigenvalue weighted by Gasteiger charge is 2.20. The van der Waals surface area contributed by atoms with E-state index in [0.717, 1.165) is 5.69 Å². The summed E-state index contributed by atoms with van der Waals surface area (Å²) in [4.78, 5) is 14.0. The standard InChI is InChI=1S/C15H14N6O/c1-20(2)10-5-3-9(4-6-10)13-11(7-16)14(18)21(19)15(22)12(13)8-17/h3-6H,18-19H2,1-2H3. The van der Waals surface area contributed by atoms with E-state index >= 15 is 0 Å². The monoisotopic (exact) mass is 294 g/mol. The smallest absolute Gasteiger partial charge is 0.289 e. The van der Waals surface area contributed by atoms with Crippen molar-refractivity contribution in [3.8, 4) is 23.3 Å². The summed E-state index contributed by atoms with van der Waals surface area (Å²) in [6, 6.07) is 10.8. The lowest BCUT2D eigenvalue weighted by atomic mass is 9.96. The van der Waals surface area contributed by atoms with Gasteiger partial charge in [0.05, 0.1) is 0 Å². The Morgan fingerprint density at radius 1 is 1.09 bits per heavy atom. The number of nitrogens with two attached hydrogens (primary N) is 2. The Kier molecular flexibility index (Phi) is 3.74. The molecule has 0 unspecified atom stereocenters. The van der Waals surface area contributed by atoms with Crippen LogP contribution >= 0.6 is 0 Å². The number of nitrogen functional groups attached to an aromatic ring is 2. The largest absolute Gasteiger partial charge is 0.382 e. The molecule has 0 aliphatic rings. The predicted octanol–water partition coefficient (Wildman–Crippen LogP) is 0.621. The third kappa shape index (κ3) is 2.21. The van der Waals surface area contributed by atoms with Crippen LogP contribution in [0.25, 0.3) is 11.1 Å². The topological polar surface area (TPSA) is 125 Å². The van der Waals surface area contributed by atoms with Gasteiger partial charge >= 0.3 is 0 Å². The number of pyridine rings is 1. The molecule has 0 radical (unpaired) electrons. The molecule has 0 atom stereocenters. The van der Waals surface area contributed by atoms with E-state index in [1.54, 1.807) is 12.1 Å². The second-order valence-electron chi connectivity index (χ2n) is 4.85. The molecule has 2 aromatic rings. The van der Waals surface area contributed by atoms with Crippen LogP contribution in [-0.4, -0.2) is 18.8 Å². The maximum atomic E-state index is 12.1. The average Bonchev–Trinajstić information content (AvgIpc) is 2.52. The highest BCUT2D eigenvalue weighted by Crippen LogP contribution is 2.29. The first-order chi connectivity index (χ1) is 10.4. The summed E-state index contributed by atoms with van der Waals surface area (Å²) in [5.41, 5.74) is 6.52. The summed E-state index contributed by atoms with van der Waals surface area (Å²) >= 11 is 0. The summed E-state index contributed by atoms with van der Waals surface area (Å²) in [5.74, 6) is 5.35. The highest BCUT2D eigenvalue weighted by molar-refractivity contribution is 5.81. The van der Waals surface area contributed by atoms with Gasteiger partial charge in [-0.25, -0.2) is 4.68 Å². The van der Waals surface area contributed by atoms with Crippen molar-refractivity contribution in [2.75, 3.05) is 30.6 Å². The van der Waals surface area contributed by atoms with Crippen LogP contribution in [0, 0.1) is 22.7 Å². The normalized spacial score (nSPS) is 9.82. The first-order valence-electron chi connectivity index (χ1n) is 6.33. The molecule has 0 bridgehead atoms. The average molecular weight is 294 g/mol. The molecule has 1 aromatic carbocycles. The number of nitriles is 2. The van der Waals surface area contributed by atoms with Crippen molar-refractivity contribution in [1.29, 1.82) is 10.5 Å². The van der Waals surface area contributed by atoms with Crippen LogP contribution in [0.1, 0.15) is 11.1 Å². The molecule has 0 fully saturated rings. The number of anilines is 2. The van der Waals surface area contributed by atoms with Crippen LogP contribution in [-0.2, 0) is 0 Å². The molecule has 7 nitrogen and oxygen atoms in total. The van der Waals surface area contributed by atoms with Gasteiger partial charge in [-0.15, -0.1) is 0 Å². The van der Waals surface area contributed by atoms with Crippen molar-refractivity contribution >= 4 is 11.5 Å². The molecular formula is C15H14N6O. The number of nitrogens with zero attached hydrogens (tertiary/aromatic N) is 4. The van der Waals surface area contributed by atoms with Crippen molar-refractivity contribution in [3.63, 3.8) is 0 Å². The Morgan fingerprint density at radius 2 is 1.64 bits per heavy atom. The van der Waals surface area contributed by atoms with Gasteiger partial charge in [0.2, 0.25) is 0 Å². The first-order valence-corrected chi connectivity index (χ1v) is 6.33. The second-order valence-corrected chi connectivity index (χ2v) is 4.85. The highest BCUT2D eigenvalue weighted by atomic mass is 16.1. The van der Waals surface area contributed by atoms with E-state index < -0.39 is 5.56 Å². The number of hydrogen-bond donors (Lipinski definition) is 2. The molecule has 2 rings (SSSR count). The summed E-state index contributed by atoms with van der Waals surface area (Å²) in [5, 5.41) is 18.6. The van der Waals surface area contributed by atoms with Crippen molar-refractivity contribution in [2.45, 2.75) is 0 Å².